The van der Waals surface area contributed by atoms with Crippen LogP contribution in [0, 0.1) is 0 Å². The third-order valence-electron chi connectivity index (χ3n) is 3.04. The van der Waals surface area contributed by atoms with Gasteiger partial charge in [-0.2, -0.15) is 0 Å². The van der Waals surface area contributed by atoms with Crippen molar-refractivity contribution in [2.75, 3.05) is 26.2 Å². The van der Waals surface area contributed by atoms with Gasteiger partial charge in [0, 0.05) is 32.2 Å². The summed E-state index contributed by atoms with van der Waals surface area (Å²) >= 11 is 0. The third kappa shape index (κ3) is 1.50. The Morgan fingerprint density at radius 2 is 2.15 bits per heavy atom. The van der Waals surface area contributed by atoms with Crippen LogP contribution in [0.4, 0.5) is 4.79 Å². The molecule has 4 heteroatoms. The van der Waals surface area contributed by atoms with Gasteiger partial charge in [0.15, 0.2) is 0 Å². The molecule has 2 fully saturated rings. The fraction of sp³-hybridized carbons (Fsp3) is 0.889. The summed E-state index contributed by atoms with van der Waals surface area (Å²) in [4.78, 5) is 15.6. The molecule has 0 spiro atoms. The fourth-order valence-electron chi connectivity index (χ4n) is 2.00. The number of carbonyl (C=O) groups excluding carboxylic acids is 1. The summed E-state index contributed by atoms with van der Waals surface area (Å²) in [7, 11) is 0. The molecule has 0 aromatic carbocycles. The van der Waals surface area contributed by atoms with E-state index < -0.39 is 0 Å². The van der Waals surface area contributed by atoms with Crippen LogP contribution in [0.1, 0.15) is 19.3 Å². The first-order chi connectivity index (χ1) is 6.33. The first-order valence-electron chi connectivity index (χ1n) is 5.08. The summed E-state index contributed by atoms with van der Waals surface area (Å²) in [6, 6.07) is 0.741. The summed E-state index contributed by atoms with van der Waals surface area (Å²) in [6.07, 6.45) is 3.68. The molecule has 0 unspecified atom stereocenters. The molecule has 0 aromatic heterocycles. The van der Waals surface area contributed by atoms with Crippen LogP contribution < -0.4 is 5.73 Å². The van der Waals surface area contributed by atoms with Gasteiger partial charge in [-0.1, -0.05) is 0 Å². The fourth-order valence-corrected chi connectivity index (χ4v) is 2.00. The van der Waals surface area contributed by atoms with E-state index in [4.69, 9.17) is 5.73 Å². The Hall–Kier alpha value is -0.770. The van der Waals surface area contributed by atoms with Crippen molar-refractivity contribution in [2.45, 2.75) is 25.3 Å². The molecular formula is C9H17N3O. The maximum atomic E-state index is 11.7. The van der Waals surface area contributed by atoms with Crippen molar-refractivity contribution in [3.8, 4) is 0 Å². The van der Waals surface area contributed by atoms with Crippen LogP contribution in [0.2, 0.25) is 0 Å². The number of carbonyl (C=O) groups is 1. The molecule has 2 rings (SSSR count). The minimum Gasteiger partial charge on any atom is -0.329 e. The van der Waals surface area contributed by atoms with E-state index in [0.717, 1.165) is 13.1 Å². The van der Waals surface area contributed by atoms with Crippen molar-refractivity contribution in [1.82, 2.24) is 9.80 Å². The molecule has 2 amide bonds. The summed E-state index contributed by atoms with van der Waals surface area (Å²) in [5.74, 6) is 0. The summed E-state index contributed by atoms with van der Waals surface area (Å²) in [6.45, 7) is 3.06. The van der Waals surface area contributed by atoms with E-state index in [-0.39, 0.29) is 6.03 Å². The predicted molar refractivity (Wildman–Crippen MR) is 50.4 cm³/mol. The molecule has 13 heavy (non-hydrogen) atoms. The van der Waals surface area contributed by atoms with Gasteiger partial charge >= 0.3 is 6.03 Å². The lowest BCUT2D eigenvalue weighted by Gasteiger charge is -2.34. The van der Waals surface area contributed by atoms with Crippen molar-refractivity contribution in [2.24, 2.45) is 5.73 Å². The number of hydrogen-bond donors (Lipinski definition) is 1. The highest BCUT2D eigenvalue weighted by Gasteiger charge is 2.35. The molecule has 1 saturated heterocycles. The van der Waals surface area contributed by atoms with Crippen molar-refractivity contribution in [3.05, 3.63) is 0 Å². The molecule has 1 heterocycles. The van der Waals surface area contributed by atoms with E-state index in [0.29, 0.717) is 19.1 Å². The number of rotatable bonds is 3. The Labute approximate surface area is 78.7 Å². The largest absolute Gasteiger partial charge is 0.329 e. The zero-order valence-corrected chi connectivity index (χ0v) is 7.91. The van der Waals surface area contributed by atoms with E-state index in [1.807, 2.05) is 9.80 Å². The topological polar surface area (TPSA) is 49.6 Å². The highest BCUT2D eigenvalue weighted by atomic mass is 16.2. The maximum absolute atomic E-state index is 11.7. The molecule has 4 nitrogen and oxygen atoms in total. The van der Waals surface area contributed by atoms with Crippen molar-refractivity contribution in [3.63, 3.8) is 0 Å². The Kier molecular flexibility index (Phi) is 2.40. The SMILES string of the molecule is NCCN1CCN(C2CCC2)C1=O. The van der Waals surface area contributed by atoms with Gasteiger partial charge in [-0.3, -0.25) is 0 Å². The highest BCUT2D eigenvalue weighted by molar-refractivity contribution is 5.77. The molecule has 1 aliphatic heterocycles. The van der Waals surface area contributed by atoms with Gasteiger partial charge in [-0.25, -0.2) is 4.79 Å². The lowest BCUT2D eigenvalue weighted by atomic mass is 9.92. The Bertz CT molecular complexity index is 203. The van der Waals surface area contributed by atoms with E-state index >= 15 is 0 Å². The first-order valence-corrected chi connectivity index (χ1v) is 5.08. The molecule has 74 valence electrons. The second kappa shape index (κ2) is 3.54. The van der Waals surface area contributed by atoms with Crippen molar-refractivity contribution >= 4 is 6.03 Å². The van der Waals surface area contributed by atoms with E-state index in [1.54, 1.807) is 0 Å². The lowest BCUT2D eigenvalue weighted by molar-refractivity contribution is 0.149. The van der Waals surface area contributed by atoms with Crippen molar-refractivity contribution in [1.29, 1.82) is 0 Å². The molecule has 2 aliphatic rings. The number of hydrogen-bond acceptors (Lipinski definition) is 2. The Balaban J connectivity index is 1.90. The van der Waals surface area contributed by atoms with Crippen LogP contribution in [0.25, 0.3) is 0 Å². The number of nitrogens with two attached hydrogens (primary N) is 1. The highest BCUT2D eigenvalue weighted by Crippen LogP contribution is 2.27. The Morgan fingerprint density at radius 3 is 2.69 bits per heavy atom. The molecule has 1 saturated carbocycles. The van der Waals surface area contributed by atoms with Gasteiger partial charge in [0.25, 0.3) is 0 Å². The molecule has 0 radical (unpaired) electrons. The number of urea groups is 1. The van der Waals surface area contributed by atoms with Gasteiger partial charge in [0.1, 0.15) is 0 Å². The molecule has 0 aromatic rings. The lowest BCUT2D eigenvalue weighted by Crippen LogP contribution is -2.43. The quantitative estimate of drug-likeness (QED) is 0.681. The molecule has 0 atom stereocenters. The van der Waals surface area contributed by atoms with Gasteiger partial charge in [0.05, 0.1) is 0 Å². The molecule has 1 aliphatic carbocycles. The second-order valence-electron chi connectivity index (χ2n) is 3.84. The minimum atomic E-state index is 0.204. The summed E-state index contributed by atoms with van der Waals surface area (Å²) < 4.78 is 0. The first kappa shape index (κ1) is 8.81. The van der Waals surface area contributed by atoms with Crippen molar-refractivity contribution < 1.29 is 4.79 Å². The Morgan fingerprint density at radius 1 is 1.38 bits per heavy atom. The smallest absolute Gasteiger partial charge is 0.320 e. The van der Waals surface area contributed by atoms with Crippen LogP contribution in [0.15, 0.2) is 0 Å². The van der Waals surface area contributed by atoms with Crippen LogP contribution in [0.5, 0.6) is 0 Å². The monoisotopic (exact) mass is 183 g/mol. The normalized spacial score (nSPS) is 23.9. The van der Waals surface area contributed by atoms with Crippen LogP contribution in [-0.4, -0.2) is 48.1 Å². The predicted octanol–water partition coefficient (Wildman–Crippen LogP) is 0.235. The summed E-state index contributed by atoms with van der Waals surface area (Å²) in [5.41, 5.74) is 5.43. The van der Waals surface area contributed by atoms with Gasteiger partial charge < -0.3 is 15.5 Å². The second-order valence-corrected chi connectivity index (χ2v) is 3.84. The zero-order valence-electron chi connectivity index (χ0n) is 7.91. The van der Waals surface area contributed by atoms with E-state index in [9.17, 15) is 4.79 Å². The van der Waals surface area contributed by atoms with Crippen LogP contribution in [0.3, 0.4) is 0 Å². The average Bonchev–Trinajstić information content (AvgIpc) is 2.34. The number of amides is 2. The van der Waals surface area contributed by atoms with Gasteiger partial charge in [-0.15, -0.1) is 0 Å². The summed E-state index contributed by atoms with van der Waals surface area (Å²) in [5, 5.41) is 0. The number of nitrogens with zero attached hydrogens (tertiary/aromatic N) is 2. The van der Waals surface area contributed by atoms with E-state index in [1.165, 1.54) is 19.3 Å². The molecular weight excluding hydrogens is 166 g/mol. The van der Waals surface area contributed by atoms with Crippen LogP contribution >= 0.6 is 0 Å². The third-order valence-corrected chi connectivity index (χ3v) is 3.04. The maximum Gasteiger partial charge on any atom is 0.320 e. The van der Waals surface area contributed by atoms with E-state index in [2.05, 4.69) is 0 Å². The zero-order chi connectivity index (χ0) is 9.26. The van der Waals surface area contributed by atoms with Gasteiger partial charge in [0.2, 0.25) is 0 Å². The molecule has 0 bridgehead atoms. The van der Waals surface area contributed by atoms with Crippen LogP contribution in [-0.2, 0) is 0 Å². The van der Waals surface area contributed by atoms with Gasteiger partial charge in [-0.05, 0) is 19.3 Å². The standard InChI is InChI=1S/C9H17N3O/c10-4-5-11-6-7-12(9(11)13)8-2-1-3-8/h8H,1-7,10H2. The average molecular weight is 183 g/mol. The molecule has 2 N–H and O–H groups in total. The minimum absolute atomic E-state index is 0.204.